The van der Waals surface area contributed by atoms with Gasteiger partial charge in [-0.15, -0.1) is 0 Å². The number of rotatable bonds is 5. The van der Waals surface area contributed by atoms with Crippen molar-refractivity contribution in [1.29, 1.82) is 0 Å². The minimum atomic E-state index is -0.600. The minimum Gasteiger partial charge on any atom is -0.396 e. The van der Waals surface area contributed by atoms with Gasteiger partial charge in [0.25, 0.3) is 0 Å². The summed E-state index contributed by atoms with van der Waals surface area (Å²) in [5.41, 5.74) is 0. The van der Waals surface area contributed by atoms with Gasteiger partial charge in [0.2, 0.25) is 0 Å². The van der Waals surface area contributed by atoms with Crippen molar-refractivity contribution in [2.45, 2.75) is 25.4 Å². The van der Waals surface area contributed by atoms with Gasteiger partial charge in [-0.25, -0.2) is 0 Å². The molecule has 3 nitrogen and oxygen atoms in total. The van der Waals surface area contributed by atoms with E-state index in [4.69, 9.17) is 15.3 Å². The molecule has 0 heterocycles. The third kappa shape index (κ3) is 8.59. The van der Waals surface area contributed by atoms with Gasteiger partial charge < -0.3 is 15.3 Å². The predicted octanol–water partition coefficient (Wildman–Crippen LogP) is -0.500. The van der Waals surface area contributed by atoms with E-state index in [1.54, 1.807) is 0 Å². The van der Waals surface area contributed by atoms with Crippen LogP contribution in [0.1, 0.15) is 19.3 Å². The number of unbranched alkanes of at least 4 members (excludes halogenated alkanes) is 1. The molecule has 0 rings (SSSR count). The van der Waals surface area contributed by atoms with E-state index >= 15 is 0 Å². The first-order valence-corrected chi connectivity index (χ1v) is 3.21. The van der Waals surface area contributed by atoms with Crippen LogP contribution in [0.2, 0.25) is 0 Å². The Labute approximate surface area is 76.0 Å². The zero-order chi connectivity index (χ0) is 7.11. The fourth-order valence-electron chi connectivity index (χ4n) is 0.583. The molecule has 0 aromatic heterocycles. The molecule has 0 saturated heterocycles. The van der Waals surface area contributed by atoms with Gasteiger partial charge in [0.05, 0.1) is 12.7 Å². The van der Waals surface area contributed by atoms with Crippen LogP contribution >= 0.6 is 0 Å². The Morgan fingerprint density at radius 3 is 2.10 bits per heavy atom. The molecule has 0 fully saturated rings. The molecule has 1 unspecified atom stereocenters. The monoisotopic (exact) mass is 182 g/mol. The molecule has 0 aliphatic rings. The molecule has 60 valence electrons. The van der Waals surface area contributed by atoms with E-state index in [9.17, 15) is 0 Å². The Kier molecular flexibility index (Phi) is 12.7. The smallest absolute Gasteiger partial charge is 0.0771 e. The number of hydrogen-bond acceptors (Lipinski definition) is 3. The Bertz CT molecular complexity index is 61.0. The summed E-state index contributed by atoms with van der Waals surface area (Å²) in [5.74, 6) is 0. The van der Waals surface area contributed by atoms with Crippen LogP contribution in [0.5, 0.6) is 0 Å². The second kappa shape index (κ2) is 9.59. The van der Waals surface area contributed by atoms with Crippen molar-refractivity contribution < 1.29 is 37.0 Å². The van der Waals surface area contributed by atoms with Gasteiger partial charge in [0, 0.05) is 28.3 Å². The van der Waals surface area contributed by atoms with Crippen molar-refractivity contribution in [3.8, 4) is 0 Å². The van der Waals surface area contributed by atoms with Crippen LogP contribution in [0, 0.1) is 0 Å². The second-order valence-electron chi connectivity index (χ2n) is 2.06. The number of aliphatic hydroxyl groups excluding tert-OH is 3. The standard InChI is InChI=1S/C6H14O3.Ti/c7-4-2-1-3-6(9)5-8;/h6-9H,1-5H2;. The van der Waals surface area contributed by atoms with Crippen molar-refractivity contribution in [3.63, 3.8) is 0 Å². The van der Waals surface area contributed by atoms with Gasteiger partial charge in [0.1, 0.15) is 0 Å². The zero-order valence-corrected chi connectivity index (χ0v) is 7.52. The molecule has 0 bridgehead atoms. The van der Waals surface area contributed by atoms with Crippen LogP contribution in [0.25, 0.3) is 0 Å². The largest absolute Gasteiger partial charge is 0.396 e. The number of hydrogen-bond donors (Lipinski definition) is 3. The molecule has 0 aliphatic carbocycles. The van der Waals surface area contributed by atoms with Gasteiger partial charge in [0.15, 0.2) is 0 Å². The van der Waals surface area contributed by atoms with Crippen LogP contribution in [0.3, 0.4) is 0 Å². The Morgan fingerprint density at radius 2 is 1.70 bits per heavy atom. The summed E-state index contributed by atoms with van der Waals surface area (Å²) in [4.78, 5) is 0. The predicted molar refractivity (Wildman–Crippen MR) is 34.0 cm³/mol. The van der Waals surface area contributed by atoms with Crippen LogP contribution in [-0.4, -0.2) is 34.6 Å². The molecule has 0 spiro atoms. The van der Waals surface area contributed by atoms with Gasteiger partial charge in [-0.3, -0.25) is 0 Å². The first-order chi connectivity index (χ1) is 4.31. The molecule has 0 aromatic carbocycles. The normalized spacial score (nSPS) is 12.3. The summed E-state index contributed by atoms with van der Waals surface area (Å²) in [6.45, 7) is -0.0103. The molecule has 0 amide bonds. The topological polar surface area (TPSA) is 60.7 Å². The van der Waals surface area contributed by atoms with Gasteiger partial charge >= 0.3 is 0 Å². The first kappa shape index (κ1) is 13.2. The summed E-state index contributed by atoms with van der Waals surface area (Å²) in [5, 5.41) is 25.4. The minimum absolute atomic E-state index is 0. The van der Waals surface area contributed by atoms with E-state index in [0.29, 0.717) is 12.8 Å². The van der Waals surface area contributed by atoms with E-state index in [1.165, 1.54) is 0 Å². The molecule has 0 saturated carbocycles. The van der Waals surface area contributed by atoms with Crippen LogP contribution < -0.4 is 0 Å². The van der Waals surface area contributed by atoms with E-state index < -0.39 is 6.10 Å². The molecular formula is C6H14O3Ti. The molecular weight excluding hydrogens is 168 g/mol. The quantitative estimate of drug-likeness (QED) is 0.396. The Balaban J connectivity index is 0. The van der Waals surface area contributed by atoms with Crippen LogP contribution in [0.15, 0.2) is 0 Å². The van der Waals surface area contributed by atoms with Crippen molar-refractivity contribution in [2.24, 2.45) is 0 Å². The van der Waals surface area contributed by atoms with Crippen molar-refractivity contribution in [3.05, 3.63) is 0 Å². The zero-order valence-electron chi connectivity index (χ0n) is 5.95. The third-order valence-electron chi connectivity index (χ3n) is 1.16. The first-order valence-electron chi connectivity index (χ1n) is 3.21. The average molecular weight is 182 g/mol. The molecule has 1 atom stereocenters. The van der Waals surface area contributed by atoms with Gasteiger partial charge in [-0.1, -0.05) is 0 Å². The van der Waals surface area contributed by atoms with Crippen molar-refractivity contribution >= 4 is 0 Å². The maximum atomic E-state index is 8.75. The maximum absolute atomic E-state index is 8.75. The molecule has 0 aliphatic heterocycles. The van der Waals surface area contributed by atoms with Crippen molar-refractivity contribution in [2.75, 3.05) is 13.2 Å². The second-order valence-corrected chi connectivity index (χ2v) is 2.06. The Hall–Kier alpha value is 0.594. The van der Waals surface area contributed by atoms with Gasteiger partial charge in [-0.05, 0) is 19.3 Å². The van der Waals surface area contributed by atoms with Crippen molar-refractivity contribution in [1.82, 2.24) is 0 Å². The van der Waals surface area contributed by atoms with E-state index in [1.807, 2.05) is 0 Å². The van der Waals surface area contributed by atoms with E-state index in [0.717, 1.165) is 6.42 Å². The molecule has 0 radical (unpaired) electrons. The van der Waals surface area contributed by atoms with E-state index in [-0.39, 0.29) is 34.9 Å². The van der Waals surface area contributed by atoms with E-state index in [2.05, 4.69) is 0 Å². The van der Waals surface area contributed by atoms with Gasteiger partial charge in [-0.2, -0.15) is 0 Å². The Morgan fingerprint density at radius 1 is 1.10 bits per heavy atom. The molecule has 4 heteroatoms. The summed E-state index contributed by atoms with van der Waals surface area (Å²) in [6.07, 6.45) is 1.46. The summed E-state index contributed by atoms with van der Waals surface area (Å²) >= 11 is 0. The SMILES string of the molecule is OCCCCC(O)CO.[Ti]. The summed E-state index contributed by atoms with van der Waals surface area (Å²) < 4.78 is 0. The van der Waals surface area contributed by atoms with Crippen LogP contribution in [-0.2, 0) is 21.7 Å². The third-order valence-corrected chi connectivity index (χ3v) is 1.16. The molecule has 3 N–H and O–H groups in total. The number of aliphatic hydroxyl groups is 3. The maximum Gasteiger partial charge on any atom is 0.0771 e. The average Bonchev–Trinajstić information content (AvgIpc) is 1.89. The molecule has 10 heavy (non-hydrogen) atoms. The van der Waals surface area contributed by atoms with Crippen LogP contribution in [0.4, 0.5) is 0 Å². The molecule has 0 aromatic rings. The summed E-state index contributed by atoms with van der Waals surface area (Å²) in [6, 6.07) is 0. The summed E-state index contributed by atoms with van der Waals surface area (Å²) in [7, 11) is 0. The fourth-order valence-corrected chi connectivity index (χ4v) is 0.583. The fraction of sp³-hybridized carbons (Fsp3) is 1.00.